The van der Waals surface area contributed by atoms with Crippen molar-refractivity contribution in [2.75, 3.05) is 0 Å². The molecule has 0 radical (unpaired) electrons. The number of amides is 3. The minimum atomic E-state index is -0.885. The summed E-state index contributed by atoms with van der Waals surface area (Å²) in [5, 5.41) is 5.65. The quantitative estimate of drug-likeness (QED) is 0.500. The standard InChI is InChI=1S/C29H41N3O4/c1-9-21(4)32(27(34)22(5)31-28(35)36-29(6,7)8)25(24-16-19(2)15-20(3)17-24)26(33)30-18-23-13-11-10-12-14-23/h10-17,21-22,25H,9,18H2,1-8H3,(H,30,33)(H,31,35). The first kappa shape index (κ1) is 28.9. The first-order valence-corrected chi connectivity index (χ1v) is 12.5. The Morgan fingerprint density at radius 1 is 0.972 bits per heavy atom. The van der Waals surface area contributed by atoms with E-state index < -0.39 is 23.8 Å². The second-order valence-electron chi connectivity index (χ2n) is 10.4. The van der Waals surface area contributed by atoms with Crippen molar-refractivity contribution in [3.63, 3.8) is 0 Å². The van der Waals surface area contributed by atoms with Crippen molar-refractivity contribution in [3.8, 4) is 0 Å². The molecule has 7 nitrogen and oxygen atoms in total. The number of nitrogens with zero attached hydrogens (tertiary/aromatic N) is 1. The van der Waals surface area contributed by atoms with Gasteiger partial charge in [-0.1, -0.05) is 66.6 Å². The maximum atomic E-state index is 13.8. The minimum absolute atomic E-state index is 0.256. The summed E-state index contributed by atoms with van der Waals surface area (Å²) in [6.07, 6.45) is -0.0399. The molecular weight excluding hydrogens is 454 g/mol. The van der Waals surface area contributed by atoms with Crippen molar-refractivity contribution in [3.05, 3.63) is 70.8 Å². The number of benzene rings is 2. The van der Waals surface area contributed by atoms with Crippen LogP contribution in [0.1, 0.15) is 76.3 Å². The fraction of sp³-hybridized carbons (Fsp3) is 0.483. The molecule has 0 heterocycles. The van der Waals surface area contributed by atoms with Crippen LogP contribution in [0.5, 0.6) is 0 Å². The highest BCUT2D eigenvalue weighted by Gasteiger charge is 2.37. The molecule has 36 heavy (non-hydrogen) atoms. The third-order valence-electron chi connectivity index (χ3n) is 5.82. The van der Waals surface area contributed by atoms with Crippen LogP contribution in [0.25, 0.3) is 0 Å². The molecule has 0 aliphatic carbocycles. The van der Waals surface area contributed by atoms with E-state index in [1.807, 2.05) is 76.2 Å². The number of carbonyl (C=O) groups is 3. The lowest BCUT2D eigenvalue weighted by atomic mass is 9.96. The molecule has 2 N–H and O–H groups in total. The lowest BCUT2D eigenvalue weighted by molar-refractivity contribution is -0.144. The fourth-order valence-corrected chi connectivity index (χ4v) is 4.05. The number of aryl methyl sites for hydroxylation is 2. The SMILES string of the molecule is CCC(C)N(C(=O)C(C)NC(=O)OC(C)(C)C)C(C(=O)NCc1ccccc1)c1cc(C)cc(C)c1. The number of rotatable bonds is 9. The summed E-state index contributed by atoms with van der Waals surface area (Å²) >= 11 is 0. The van der Waals surface area contributed by atoms with E-state index in [0.29, 0.717) is 13.0 Å². The molecule has 2 aromatic carbocycles. The highest BCUT2D eigenvalue weighted by molar-refractivity contribution is 5.92. The molecule has 2 rings (SSSR count). The van der Waals surface area contributed by atoms with Crippen molar-refractivity contribution >= 4 is 17.9 Å². The van der Waals surface area contributed by atoms with Gasteiger partial charge in [-0.05, 0) is 66.0 Å². The van der Waals surface area contributed by atoms with Crippen molar-refractivity contribution in [2.45, 2.75) is 92.1 Å². The molecule has 0 aliphatic heterocycles. The van der Waals surface area contributed by atoms with Crippen molar-refractivity contribution in [1.82, 2.24) is 15.5 Å². The Labute approximate surface area is 215 Å². The average Bonchev–Trinajstić information content (AvgIpc) is 2.78. The summed E-state index contributed by atoms with van der Waals surface area (Å²) in [6.45, 7) is 15.1. The highest BCUT2D eigenvalue weighted by atomic mass is 16.6. The number of ether oxygens (including phenoxy) is 1. The van der Waals surface area contributed by atoms with Gasteiger partial charge in [-0.25, -0.2) is 4.79 Å². The molecule has 7 heteroatoms. The monoisotopic (exact) mass is 495 g/mol. The zero-order chi connectivity index (χ0) is 27.0. The highest BCUT2D eigenvalue weighted by Crippen LogP contribution is 2.28. The van der Waals surface area contributed by atoms with Crippen LogP contribution in [0.2, 0.25) is 0 Å². The normalized spacial score (nSPS) is 13.8. The van der Waals surface area contributed by atoms with Gasteiger partial charge in [0, 0.05) is 12.6 Å². The molecule has 0 fully saturated rings. The van der Waals surface area contributed by atoms with Crippen LogP contribution in [-0.2, 0) is 20.9 Å². The van der Waals surface area contributed by atoms with Crippen LogP contribution in [0.4, 0.5) is 4.79 Å². The molecule has 0 saturated carbocycles. The third-order valence-corrected chi connectivity index (χ3v) is 5.82. The van der Waals surface area contributed by atoms with Gasteiger partial charge in [0.05, 0.1) is 0 Å². The predicted molar refractivity (Wildman–Crippen MR) is 142 cm³/mol. The average molecular weight is 496 g/mol. The molecule has 3 amide bonds. The van der Waals surface area contributed by atoms with Gasteiger partial charge >= 0.3 is 6.09 Å². The maximum absolute atomic E-state index is 13.8. The Balaban J connectivity index is 2.43. The van der Waals surface area contributed by atoms with Gasteiger partial charge in [0.25, 0.3) is 0 Å². The number of hydrogen-bond donors (Lipinski definition) is 2. The number of nitrogens with one attached hydrogen (secondary N) is 2. The van der Waals surface area contributed by atoms with E-state index in [1.165, 1.54) is 0 Å². The van der Waals surface area contributed by atoms with Gasteiger partial charge < -0.3 is 20.3 Å². The second-order valence-corrected chi connectivity index (χ2v) is 10.4. The molecule has 0 bridgehead atoms. The Hall–Kier alpha value is -3.35. The van der Waals surface area contributed by atoms with Gasteiger partial charge in [0.1, 0.15) is 17.7 Å². The van der Waals surface area contributed by atoms with Gasteiger partial charge in [0.15, 0.2) is 0 Å². The summed E-state index contributed by atoms with van der Waals surface area (Å²) in [4.78, 5) is 41.5. The lowest BCUT2D eigenvalue weighted by Crippen LogP contribution is -2.54. The molecule has 0 saturated heterocycles. The van der Waals surface area contributed by atoms with Crippen molar-refractivity contribution in [1.29, 1.82) is 0 Å². The summed E-state index contributed by atoms with van der Waals surface area (Å²) in [5.41, 5.74) is 3.01. The molecule has 0 aromatic heterocycles. The topological polar surface area (TPSA) is 87.7 Å². The summed E-state index contributed by atoms with van der Waals surface area (Å²) < 4.78 is 5.34. The second kappa shape index (κ2) is 12.6. The fourth-order valence-electron chi connectivity index (χ4n) is 4.05. The minimum Gasteiger partial charge on any atom is -0.444 e. The van der Waals surface area contributed by atoms with Crippen molar-refractivity contribution in [2.24, 2.45) is 0 Å². The van der Waals surface area contributed by atoms with E-state index in [2.05, 4.69) is 10.6 Å². The van der Waals surface area contributed by atoms with E-state index in [4.69, 9.17) is 4.74 Å². The van der Waals surface area contributed by atoms with E-state index in [-0.39, 0.29) is 17.9 Å². The first-order valence-electron chi connectivity index (χ1n) is 12.5. The molecule has 0 spiro atoms. The first-order chi connectivity index (χ1) is 16.8. The maximum Gasteiger partial charge on any atom is 0.408 e. The smallest absolute Gasteiger partial charge is 0.408 e. The molecular formula is C29H41N3O4. The van der Waals surface area contributed by atoms with Crippen molar-refractivity contribution < 1.29 is 19.1 Å². The van der Waals surface area contributed by atoms with Gasteiger partial charge in [-0.3, -0.25) is 9.59 Å². The van der Waals surface area contributed by atoms with E-state index >= 15 is 0 Å². The van der Waals surface area contributed by atoms with Gasteiger partial charge in [0.2, 0.25) is 11.8 Å². The zero-order valence-corrected chi connectivity index (χ0v) is 22.8. The van der Waals surface area contributed by atoms with Crippen LogP contribution >= 0.6 is 0 Å². The molecule has 0 aliphatic rings. The number of hydrogen-bond acceptors (Lipinski definition) is 4. The van der Waals surface area contributed by atoms with Crippen LogP contribution in [0.3, 0.4) is 0 Å². The molecule has 196 valence electrons. The van der Waals surface area contributed by atoms with Crippen LogP contribution in [0, 0.1) is 13.8 Å². The molecule has 3 unspecified atom stereocenters. The molecule has 3 atom stereocenters. The van der Waals surface area contributed by atoms with Gasteiger partial charge in [-0.2, -0.15) is 0 Å². The van der Waals surface area contributed by atoms with Crippen LogP contribution < -0.4 is 10.6 Å². The summed E-state index contributed by atoms with van der Waals surface area (Å²) in [7, 11) is 0. The zero-order valence-electron chi connectivity index (χ0n) is 22.8. The van der Waals surface area contributed by atoms with Crippen LogP contribution in [0.15, 0.2) is 48.5 Å². The number of carbonyl (C=O) groups excluding carboxylic acids is 3. The van der Waals surface area contributed by atoms with E-state index in [0.717, 1.165) is 22.3 Å². The van der Waals surface area contributed by atoms with E-state index in [9.17, 15) is 14.4 Å². The Kier molecular flexibility index (Phi) is 10.1. The Bertz CT molecular complexity index is 1030. The summed E-state index contributed by atoms with van der Waals surface area (Å²) in [6, 6.07) is 13.5. The third kappa shape index (κ3) is 8.40. The van der Waals surface area contributed by atoms with Crippen LogP contribution in [-0.4, -0.2) is 40.5 Å². The predicted octanol–water partition coefficient (Wildman–Crippen LogP) is 5.20. The largest absolute Gasteiger partial charge is 0.444 e. The van der Waals surface area contributed by atoms with Gasteiger partial charge in [-0.15, -0.1) is 0 Å². The number of alkyl carbamates (subject to hydrolysis) is 1. The van der Waals surface area contributed by atoms with E-state index in [1.54, 1.807) is 32.6 Å². The Morgan fingerprint density at radius 2 is 1.56 bits per heavy atom. The lowest BCUT2D eigenvalue weighted by Gasteiger charge is -2.37. The molecule has 2 aromatic rings. The summed E-state index contributed by atoms with van der Waals surface area (Å²) in [5.74, 6) is -0.629. The Morgan fingerprint density at radius 3 is 2.08 bits per heavy atom.